The molecule has 8 nitrogen and oxygen atoms in total. The number of fused-ring (bicyclic) bond motifs is 1. The molecule has 34 heavy (non-hydrogen) atoms. The van der Waals surface area contributed by atoms with E-state index >= 15 is 0 Å². The van der Waals surface area contributed by atoms with Crippen LogP contribution < -0.4 is 19.6 Å². The number of ketones is 1. The summed E-state index contributed by atoms with van der Waals surface area (Å²) >= 11 is 1.23. The topological polar surface area (TPSA) is 95.9 Å². The van der Waals surface area contributed by atoms with Crippen LogP contribution in [0.15, 0.2) is 63.8 Å². The van der Waals surface area contributed by atoms with Crippen molar-refractivity contribution < 1.29 is 18.7 Å². The Morgan fingerprint density at radius 3 is 2.41 bits per heavy atom. The summed E-state index contributed by atoms with van der Waals surface area (Å²) in [4.78, 5) is 29.3. The van der Waals surface area contributed by atoms with Gasteiger partial charge in [0.2, 0.25) is 4.96 Å². The number of nitrogens with zero attached hydrogens (tertiary/aromatic N) is 3. The zero-order valence-electron chi connectivity index (χ0n) is 18.6. The zero-order valence-corrected chi connectivity index (χ0v) is 19.4. The van der Waals surface area contributed by atoms with E-state index in [-0.39, 0.29) is 11.3 Å². The lowest BCUT2D eigenvalue weighted by molar-refractivity contribution is 0.101. The standard InChI is InChI=1S/C25H19N3O5S/c1-14(29)15-4-6-16(7-5-15)19-11-9-18(33-19)13-22-24(30)28-25(34-22)26-23(27-28)17-8-10-20(31-2)21(12-17)32-3/h4-13H,1-3H3. The molecule has 0 bridgehead atoms. The first-order valence-electron chi connectivity index (χ1n) is 10.3. The highest BCUT2D eigenvalue weighted by Crippen LogP contribution is 2.31. The predicted octanol–water partition coefficient (Wildman–Crippen LogP) is 3.85. The van der Waals surface area contributed by atoms with Gasteiger partial charge in [-0.1, -0.05) is 35.6 Å². The summed E-state index contributed by atoms with van der Waals surface area (Å²) in [6, 6.07) is 16.1. The molecule has 9 heteroatoms. The number of benzene rings is 2. The minimum absolute atomic E-state index is 0.00796. The number of aromatic nitrogens is 3. The van der Waals surface area contributed by atoms with Gasteiger partial charge in [0, 0.05) is 22.8 Å². The summed E-state index contributed by atoms with van der Waals surface area (Å²) in [7, 11) is 3.12. The van der Waals surface area contributed by atoms with Crippen molar-refractivity contribution >= 4 is 28.2 Å². The van der Waals surface area contributed by atoms with Crippen LogP contribution in [-0.2, 0) is 0 Å². The number of hydrogen-bond acceptors (Lipinski definition) is 8. The average Bonchev–Trinajstić information content (AvgIpc) is 3.56. The van der Waals surface area contributed by atoms with E-state index in [0.717, 1.165) is 5.56 Å². The second kappa shape index (κ2) is 8.60. The number of thiazole rings is 1. The maximum absolute atomic E-state index is 12.9. The number of hydrogen-bond donors (Lipinski definition) is 0. The third-order valence-electron chi connectivity index (χ3n) is 5.30. The highest BCUT2D eigenvalue weighted by molar-refractivity contribution is 7.15. The summed E-state index contributed by atoms with van der Waals surface area (Å²) in [5, 5.41) is 4.38. The van der Waals surface area contributed by atoms with E-state index in [1.807, 2.05) is 24.3 Å². The van der Waals surface area contributed by atoms with Crippen molar-refractivity contribution in [3.8, 4) is 34.2 Å². The smallest absolute Gasteiger partial charge is 0.291 e. The maximum atomic E-state index is 12.9. The maximum Gasteiger partial charge on any atom is 0.291 e. The van der Waals surface area contributed by atoms with Gasteiger partial charge in [0.1, 0.15) is 16.1 Å². The number of carbonyl (C=O) groups is 1. The molecule has 0 fully saturated rings. The lowest BCUT2D eigenvalue weighted by atomic mass is 10.1. The monoisotopic (exact) mass is 473 g/mol. The first-order chi connectivity index (χ1) is 16.5. The third-order valence-corrected chi connectivity index (χ3v) is 6.26. The Kier molecular flexibility index (Phi) is 5.46. The molecule has 0 N–H and O–H groups in total. The molecule has 0 aliphatic rings. The average molecular weight is 474 g/mol. The normalized spacial score (nSPS) is 11.8. The number of carbonyl (C=O) groups excluding carboxylic acids is 1. The summed E-state index contributed by atoms with van der Waals surface area (Å²) in [6.45, 7) is 1.53. The molecule has 3 aromatic heterocycles. The van der Waals surface area contributed by atoms with Crippen molar-refractivity contribution in [3.05, 3.63) is 80.8 Å². The van der Waals surface area contributed by atoms with E-state index < -0.39 is 0 Å². The van der Waals surface area contributed by atoms with Crippen LogP contribution in [0.1, 0.15) is 23.0 Å². The Balaban J connectivity index is 1.46. The molecule has 0 saturated carbocycles. The first-order valence-corrected chi connectivity index (χ1v) is 11.1. The lowest BCUT2D eigenvalue weighted by Gasteiger charge is -2.07. The van der Waals surface area contributed by atoms with Gasteiger partial charge in [-0.2, -0.15) is 9.50 Å². The van der Waals surface area contributed by atoms with Gasteiger partial charge >= 0.3 is 0 Å². The molecular weight excluding hydrogens is 454 g/mol. The largest absolute Gasteiger partial charge is 0.493 e. The Bertz CT molecular complexity index is 1630. The van der Waals surface area contributed by atoms with Crippen LogP contribution in [0, 0.1) is 0 Å². The van der Waals surface area contributed by atoms with Gasteiger partial charge < -0.3 is 13.9 Å². The second-order valence-electron chi connectivity index (χ2n) is 7.45. The summed E-state index contributed by atoms with van der Waals surface area (Å²) < 4.78 is 18.2. The van der Waals surface area contributed by atoms with E-state index in [1.165, 1.54) is 22.8 Å². The quantitative estimate of drug-likeness (QED) is 0.346. The molecule has 0 unspecified atom stereocenters. The van der Waals surface area contributed by atoms with E-state index in [0.29, 0.717) is 49.5 Å². The molecule has 3 heterocycles. The molecule has 5 aromatic rings. The van der Waals surface area contributed by atoms with E-state index in [1.54, 1.807) is 50.6 Å². The SMILES string of the molecule is COc1ccc(-c2nc3sc(=Cc4ccc(-c5ccc(C(C)=O)cc5)o4)c(=O)n3n2)cc1OC. The fraction of sp³-hybridized carbons (Fsp3) is 0.120. The van der Waals surface area contributed by atoms with Crippen molar-refractivity contribution in [2.24, 2.45) is 0 Å². The van der Waals surface area contributed by atoms with Crippen LogP contribution in [0.2, 0.25) is 0 Å². The van der Waals surface area contributed by atoms with Crippen molar-refractivity contribution in [3.63, 3.8) is 0 Å². The van der Waals surface area contributed by atoms with E-state index in [4.69, 9.17) is 13.9 Å². The van der Waals surface area contributed by atoms with Crippen LogP contribution in [0.4, 0.5) is 0 Å². The number of methoxy groups -OCH3 is 2. The molecule has 170 valence electrons. The van der Waals surface area contributed by atoms with E-state index in [9.17, 15) is 9.59 Å². The zero-order chi connectivity index (χ0) is 23.8. The van der Waals surface area contributed by atoms with Crippen LogP contribution >= 0.6 is 11.3 Å². The Morgan fingerprint density at radius 1 is 1.00 bits per heavy atom. The van der Waals surface area contributed by atoms with Crippen molar-refractivity contribution in [2.75, 3.05) is 14.2 Å². The molecule has 0 radical (unpaired) electrons. The molecule has 0 amide bonds. The van der Waals surface area contributed by atoms with Gasteiger partial charge in [0.05, 0.1) is 14.2 Å². The van der Waals surface area contributed by atoms with Gasteiger partial charge in [0.15, 0.2) is 23.1 Å². The van der Waals surface area contributed by atoms with Gasteiger partial charge in [-0.05, 0) is 37.3 Å². The fourth-order valence-electron chi connectivity index (χ4n) is 3.52. The van der Waals surface area contributed by atoms with Crippen LogP contribution in [0.5, 0.6) is 11.5 Å². The molecule has 0 saturated heterocycles. The molecule has 2 aromatic carbocycles. The molecule has 0 aliphatic heterocycles. The van der Waals surface area contributed by atoms with Crippen LogP contribution in [-0.4, -0.2) is 34.6 Å². The van der Waals surface area contributed by atoms with E-state index in [2.05, 4.69) is 10.1 Å². The second-order valence-corrected chi connectivity index (χ2v) is 8.46. The van der Waals surface area contributed by atoms with Gasteiger partial charge in [0.25, 0.3) is 5.56 Å². The molecule has 5 rings (SSSR count). The van der Waals surface area contributed by atoms with Gasteiger partial charge in [-0.15, -0.1) is 5.10 Å². The molecular formula is C25H19N3O5S. The third kappa shape index (κ3) is 3.86. The lowest BCUT2D eigenvalue weighted by Crippen LogP contribution is -2.23. The highest BCUT2D eigenvalue weighted by atomic mass is 32.1. The Labute approximate surface area is 197 Å². The Morgan fingerprint density at radius 2 is 1.74 bits per heavy atom. The number of furan rings is 1. The minimum atomic E-state index is -0.275. The summed E-state index contributed by atoms with van der Waals surface area (Å²) in [5.41, 5.74) is 1.92. The highest BCUT2D eigenvalue weighted by Gasteiger charge is 2.15. The van der Waals surface area contributed by atoms with Crippen molar-refractivity contribution in [1.29, 1.82) is 0 Å². The fourth-order valence-corrected chi connectivity index (χ4v) is 4.40. The molecule has 0 spiro atoms. The summed E-state index contributed by atoms with van der Waals surface area (Å²) in [6.07, 6.45) is 1.67. The Hall–Kier alpha value is -4.24. The van der Waals surface area contributed by atoms with Crippen LogP contribution in [0.25, 0.3) is 33.7 Å². The number of rotatable bonds is 6. The van der Waals surface area contributed by atoms with Crippen molar-refractivity contribution in [1.82, 2.24) is 14.6 Å². The molecule has 0 aliphatic carbocycles. The predicted molar refractivity (Wildman–Crippen MR) is 129 cm³/mol. The number of Topliss-reactive ketones (excluding diaryl/α,β-unsaturated/α-hetero) is 1. The van der Waals surface area contributed by atoms with Gasteiger partial charge in [-0.3, -0.25) is 9.59 Å². The summed E-state index contributed by atoms with van der Waals surface area (Å²) in [5.74, 6) is 2.76. The minimum Gasteiger partial charge on any atom is -0.493 e. The first kappa shape index (κ1) is 21.6. The van der Waals surface area contributed by atoms with Crippen molar-refractivity contribution in [2.45, 2.75) is 6.92 Å². The van der Waals surface area contributed by atoms with Gasteiger partial charge in [-0.25, -0.2) is 0 Å². The van der Waals surface area contributed by atoms with Crippen LogP contribution in [0.3, 0.4) is 0 Å². The number of ether oxygens (including phenoxy) is 2. The molecule has 0 atom stereocenters.